The first kappa shape index (κ1) is 15.1. The van der Waals surface area contributed by atoms with E-state index in [-0.39, 0.29) is 5.56 Å². The van der Waals surface area contributed by atoms with E-state index in [0.717, 1.165) is 12.1 Å². The van der Waals surface area contributed by atoms with Gasteiger partial charge in [0.25, 0.3) is 5.91 Å². The number of amides is 1. The number of H-pyrrole nitrogens is 1. The standard InChI is InChI=1S/C16H10F4N2O/c17-11-3-1-2-9(6-11)15(23)21-12-4-5-13-10(7-12)8-14(22-13)16(18,19)20/h1-8,22H,(H,21,23). The van der Waals surface area contributed by atoms with Gasteiger partial charge >= 0.3 is 6.18 Å². The number of nitrogens with one attached hydrogen (secondary N) is 2. The van der Waals surface area contributed by atoms with Crippen LogP contribution in [-0.2, 0) is 6.18 Å². The Morgan fingerprint density at radius 3 is 2.52 bits per heavy atom. The van der Waals surface area contributed by atoms with Crippen molar-refractivity contribution in [3.8, 4) is 0 Å². The van der Waals surface area contributed by atoms with Crippen LogP contribution in [0.25, 0.3) is 10.9 Å². The Hall–Kier alpha value is -2.83. The van der Waals surface area contributed by atoms with Crippen molar-refractivity contribution in [2.75, 3.05) is 5.32 Å². The molecule has 2 aromatic carbocycles. The van der Waals surface area contributed by atoms with Crippen LogP contribution in [0.2, 0.25) is 0 Å². The molecule has 0 spiro atoms. The van der Waals surface area contributed by atoms with Gasteiger partial charge in [0.1, 0.15) is 11.5 Å². The fraction of sp³-hybridized carbons (Fsp3) is 0.0625. The second-order valence-corrected chi connectivity index (χ2v) is 4.95. The van der Waals surface area contributed by atoms with Crippen LogP contribution in [0.1, 0.15) is 16.1 Å². The Morgan fingerprint density at radius 2 is 1.83 bits per heavy atom. The summed E-state index contributed by atoms with van der Waals surface area (Å²) < 4.78 is 51.1. The quantitative estimate of drug-likeness (QED) is 0.667. The molecule has 0 unspecified atom stereocenters. The first-order valence-electron chi connectivity index (χ1n) is 6.60. The van der Waals surface area contributed by atoms with Crippen molar-refractivity contribution in [1.29, 1.82) is 0 Å². The zero-order valence-electron chi connectivity index (χ0n) is 11.5. The molecule has 0 saturated carbocycles. The number of carbonyl (C=O) groups is 1. The Balaban J connectivity index is 1.87. The normalized spacial score (nSPS) is 11.7. The molecule has 23 heavy (non-hydrogen) atoms. The van der Waals surface area contributed by atoms with Gasteiger partial charge < -0.3 is 10.3 Å². The molecule has 0 radical (unpaired) electrons. The first-order valence-corrected chi connectivity index (χ1v) is 6.60. The number of halogens is 4. The second kappa shape index (κ2) is 5.42. The predicted molar refractivity (Wildman–Crippen MR) is 77.7 cm³/mol. The van der Waals surface area contributed by atoms with E-state index in [1.54, 1.807) is 0 Å². The van der Waals surface area contributed by atoms with E-state index in [2.05, 4.69) is 10.3 Å². The fourth-order valence-corrected chi connectivity index (χ4v) is 2.20. The summed E-state index contributed by atoms with van der Waals surface area (Å²) in [5.41, 5.74) is -0.114. The average Bonchev–Trinajstić information content (AvgIpc) is 2.90. The molecule has 2 N–H and O–H groups in total. The summed E-state index contributed by atoms with van der Waals surface area (Å²) in [6.07, 6.45) is -4.47. The molecule has 3 nitrogen and oxygen atoms in total. The lowest BCUT2D eigenvalue weighted by atomic mass is 10.2. The number of rotatable bonds is 2. The van der Waals surface area contributed by atoms with Gasteiger partial charge in [0, 0.05) is 22.2 Å². The molecule has 3 rings (SSSR count). The Bertz CT molecular complexity index is 883. The topological polar surface area (TPSA) is 44.9 Å². The molecule has 7 heteroatoms. The molecule has 3 aromatic rings. The summed E-state index contributed by atoms with van der Waals surface area (Å²) in [4.78, 5) is 14.3. The van der Waals surface area contributed by atoms with E-state index in [0.29, 0.717) is 16.6 Å². The molecule has 0 bridgehead atoms. The van der Waals surface area contributed by atoms with Crippen LogP contribution in [-0.4, -0.2) is 10.9 Å². The minimum absolute atomic E-state index is 0.121. The first-order chi connectivity index (χ1) is 10.8. The van der Waals surface area contributed by atoms with Crippen molar-refractivity contribution in [3.05, 3.63) is 65.6 Å². The highest BCUT2D eigenvalue weighted by atomic mass is 19.4. The third-order valence-corrected chi connectivity index (χ3v) is 3.27. The van der Waals surface area contributed by atoms with Crippen molar-refractivity contribution >= 4 is 22.5 Å². The Labute approximate surface area is 127 Å². The highest BCUT2D eigenvalue weighted by Gasteiger charge is 2.32. The minimum atomic E-state index is -4.47. The van der Waals surface area contributed by atoms with E-state index >= 15 is 0 Å². The van der Waals surface area contributed by atoms with Crippen LogP contribution in [0.15, 0.2) is 48.5 Å². The van der Waals surface area contributed by atoms with Crippen LogP contribution in [0.5, 0.6) is 0 Å². The van der Waals surface area contributed by atoms with Crippen LogP contribution in [0, 0.1) is 5.82 Å². The maximum absolute atomic E-state index is 13.1. The van der Waals surface area contributed by atoms with E-state index in [4.69, 9.17) is 0 Å². The monoisotopic (exact) mass is 322 g/mol. The molecule has 118 valence electrons. The van der Waals surface area contributed by atoms with Gasteiger partial charge in [-0.1, -0.05) is 6.07 Å². The van der Waals surface area contributed by atoms with Crippen molar-refractivity contribution in [2.24, 2.45) is 0 Å². The molecule has 0 atom stereocenters. The van der Waals surface area contributed by atoms with Gasteiger partial charge in [-0.2, -0.15) is 13.2 Å². The third kappa shape index (κ3) is 3.18. The van der Waals surface area contributed by atoms with Crippen LogP contribution >= 0.6 is 0 Å². The molecule has 1 aromatic heterocycles. The molecule has 1 heterocycles. The third-order valence-electron chi connectivity index (χ3n) is 3.27. The number of anilines is 1. The highest BCUT2D eigenvalue weighted by Crippen LogP contribution is 2.31. The maximum atomic E-state index is 13.1. The van der Waals surface area contributed by atoms with E-state index in [9.17, 15) is 22.4 Å². The second-order valence-electron chi connectivity index (χ2n) is 4.95. The number of aromatic amines is 1. The number of hydrogen-bond acceptors (Lipinski definition) is 1. The molecule has 0 fully saturated rings. The summed E-state index contributed by atoms with van der Waals surface area (Å²) in [5, 5.41) is 2.84. The van der Waals surface area contributed by atoms with Crippen molar-refractivity contribution in [2.45, 2.75) is 6.18 Å². The lowest BCUT2D eigenvalue weighted by molar-refractivity contribution is -0.140. The summed E-state index contributed by atoms with van der Waals surface area (Å²) in [7, 11) is 0. The van der Waals surface area contributed by atoms with Gasteiger partial charge in [0.05, 0.1) is 0 Å². The average molecular weight is 322 g/mol. The summed E-state index contributed by atoms with van der Waals surface area (Å²) in [6, 6.07) is 10.4. The molecule has 1 amide bonds. The van der Waals surface area contributed by atoms with Gasteiger partial charge in [0.15, 0.2) is 0 Å². The van der Waals surface area contributed by atoms with Gasteiger partial charge in [-0.15, -0.1) is 0 Å². The molecular weight excluding hydrogens is 312 g/mol. The van der Waals surface area contributed by atoms with E-state index in [1.165, 1.54) is 36.4 Å². The number of benzene rings is 2. The summed E-state index contributed by atoms with van der Waals surface area (Å²) >= 11 is 0. The lowest BCUT2D eigenvalue weighted by Crippen LogP contribution is -2.11. The van der Waals surface area contributed by atoms with E-state index < -0.39 is 23.6 Å². The van der Waals surface area contributed by atoms with E-state index in [1.807, 2.05) is 0 Å². The summed E-state index contributed by atoms with van der Waals surface area (Å²) in [5.74, 6) is -1.09. The number of carbonyl (C=O) groups excluding carboxylic acids is 1. The largest absolute Gasteiger partial charge is 0.431 e. The van der Waals surface area contributed by atoms with Crippen LogP contribution in [0.4, 0.5) is 23.2 Å². The zero-order valence-corrected chi connectivity index (χ0v) is 11.5. The maximum Gasteiger partial charge on any atom is 0.431 e. The number of aromatic nitrogens is 1. The predicted octanol–water partition coefficient (Wildman–Crippen LogP) is 4.58. The molecule has 0 saturated heterocycles. The lowest BCUT2D eigenvalue weighted by Gasteiger charge is -2.05. The number of alkyl halides is 3. The summed E-state index contributed by atoms with van der Waals surface area (Å²) in [6.45, 7) is 0. The van der Waals surface area contributed by atoms with Crippen molar-refractivity contribution in [3.63, 3.8) is 0 Å². The highest BCUT2D eigenvalue weighted by molar-refractivity contribution is 6.05. The van der Waals surface area contributed by atoms with Gasteiger partial charge in [-0.05, 0) is 42.5 Å². The Kier molecular flexibility index (Phi) is 3.55. The SMILES string of the molecule is O=C(Nc1ccc2[nH]c(C(F)(F)F)cc2c1)c1cccc(F)c1. The van der Waals surface area contributed by atoms with Crippen LogP contribution < -0.4 is 5.32 Å². The van der Waals surface area contributed by atoms with Gasteiger partial charge in [-0.3, -0.25) is 4.79 Å². The van der Waals surface area contributed by atoms with Gasteiger partial charge in [-0.25, -0.2) is 4.39 Å². The number of hydrogen-bond donors (Lipinski definition) is 2. The molecule has 0 aliphatic heterocycles. The van der Waals surface area contributed by atoms with Crippen molar-refractivity contribution in [1.82, 2.24) is 4.98 Å². The fourth-order valence-electron chi connectivity index (χ4n) is 2.20. The number of fused-ring (bicyclic) bond motifs is 1. The molecular formula is C16H10F4N2O. The van der Waals surface area contributed by atoms with Gasteiger partial charge in [0.2, 0.25) is 0 Å². The smallest absolute Gasteiger partial charge is 0.351 e. The molecule has 0 aliphatic carbocycles. The Morgan fingerprint density at radius 1 is 1.04 bits per heavy atom. The van der Waals surface area contributed by atoms with Crippen LogP contribution in [0.3, 0.4) is 0 Å². The van der Waals surface area contributed by atoms with Crippen molar-refractivity contribution < 1.29 is 22.4 Å². The minimum Gasteiger partial charge on any atom is -0.351 e. The molecule has 0 aliphatic rings. The zero-order chi connectivity index (χ0) is 16.6.